The highest BCUT2D eigenvalue weighted by atomic mass is 32.1. The first-order valence-corrected chi connectivity index (χ1v) is 8.66. The number of fused-ring (bicyclic) bond motifs is 2. The van der Waals surface area contributed by atoms with Gasteiger partial charge in [0, 0.05) is 0 Å². The second kappa shape index (κ2) is 6.56. The lowest BCUT2D eigenvalue weighted by Gasteiger charge is -2.26. The van der Waals surface area contributed by atoms with Crippen LogP contribution in [0.4, 0.5) is 0 Å². The second-order valence-corrected chi connectivity index (χ2v) is 6.51. The molecule has 3 heterocycles. The number of aromatic nitrogens is 2. The molecule has 1 amide bonds. The highest BCUT2D eigenvalue weighted by Gasteiger charge is 2.21. The van der Waals surface area contributed by atoms with Crippen molar-refractivity contribution in [2.24, 2.45) is 0 Å². The van der Waals surface area contributed by atoms with Crippen LogP contribution in [0.1, 0.15) is 0 Å². The fraction of sp³-hybridized carbons (Fsp3) is 0.235. The average Bonchev–Trinajstić information content (AvgIpc) is 3.12. The zero-order valence-corrected chi connectivity index (χ0v) is 14.0. The quantitative estimate of drug-likeness (QED) is 0.763. The van der Waals surface area contributed by atoms with Crippen molar-refractivity contribution in [3.05, 3.63) is 52.4 Å². The Bertz CT molecular complexity index is 981. The van der Waals surface area contributed by atoms with E-state index in [4.69, 9.17) is 9.47 Å². The van der Waals surface area contributed by atoms with Gasteiger partial charge in [-0.1, -0.05) is 12.1 Å². The number of amides is 1. The molecule has 0 radical (unpaired) electrons. The van der Waals surface area contributed by atoms with E-state index in [1.54, 1.807) is 6.07 Å². The number of rotatable bonds is 4. The number of ether oxygens (including phenoxy) is 2. The van der Waals surface area contributed by atoms with Crippen LogP contribution in [0.5, 0.6) is 11.5 Å². The molecule has 8 heteroatoms. The third-order valence-electron chi connectivity index (χ3n) is 3.86. The van der Waals surface area contributed by atoms with E-state index in [1.807, 2.05) is 29.6 Å². The lowest BCUT2D eigenvalue weighted by atomic mass is 10.2. The maximum atomic E-state index is 12.3. The smallest absolute Gasteiger partial charge is 0.262 e. The van der Waals surface area contributed by atoms with Crippen molar-refractivity contribution >= 4 is 27.5 Å². The molecule has 0 aliphatic carbocycles. The fourth-order valence-electron chi connectivity index (χ4n) is 2.61. The topological polar surface area (TPSA) is 82.5 Å². The van der Waals surface area contributed by atoms with E-state index in [0.29, 0.717) is 34.9 Å². The van der Waals surface area contributed by atoms with E-state index in [2.05, 4.69) is 10.3 Å². The summed E-state index contributed by atoms with van der Waals surface area (Å²) in [5.41, 5.74) is -0.215. The van der Waals surface area contributed by atoms with Gasteiger partial charge in [0.25, 0.3) is 5.56 Å². The molecule has 0 fully saturated rings. The number of benzene rings is 1. The number of nitrogens with zero attached hydrogens (tertiary/aromatic N) is 2. The Hall–Kier alpha value is -2.87. The van der Waals surface area contributed by atoms with Crippen molar-refractivity contribution < 1.29 is 14.3 Å². The first kappa shape index (κ1) is 15.6. The van der Waals surface area contributed by atoms with Crippen LogP contribution in [-0.2, 0) is 11.3 Å². The minimum atomic E-state index is -0.277. The van der Waals surface area contributed by atoms with Crippen LogP contribution in [-0.4, -0.2) is 34.7 Å². The standard InChI is InChI=1S/C17H15N3O4S/c21-15(8-20-10-19-16-12(17(20)22)5-6-25-16)18-7-11-9-23-13-3-1-2-4-14(13)24-11/h1-6,10-11H,7-9H2,(H,18,21)/t11-/m1/s1. The first-order valence-electron chi connectivity index (χ1n) is 7.78. The van der Waals surface area contributed by atoms with Crippen molar-refractivity contribution in [3.8, 4) is 11.5 Å². The highest BCUT2D eigenvalue weighted by Crippen LogP contribution is 2.30. The van der Waals surface area contributed by atoms with Gasteiger partial charge in [0.1, 0.15) is 24.1 Å². The molecule has 128 valence electrons. The Kier molecular flexibility index (Phi) is 4.10. The van der Waals surface area contributed by atoms with Crippen LogP contribution in [0.2, 0.25) is 0 Å². The van der Waals surface area contributed by atoms with Gasteiger partial charge in [-0.3, -0.25) is 14.2 Å². The van der Waals surface area contributed by atoms with E-state index < -0.39 is 0 Å². The second-order valence-electron chi connectivity index (χ2n) is 5.62. The molecule has 1 aliphatic rings. The van der Waals surface area contributed by atoms with Gasteiger partial charge in [-0.05, 0) is 23.6 Å². The van der Waals surface area contributed by atoms with E-state index in [9.17, 15) is 9.59 Å². The van der Waals surface area contributed by atoms with Crippen LogP contribution in [0.3, 0.4) is 0 Å². The van der Waals surface area contributed by atoms with Gasteiger partial charge in [0.2, 0.25) is 5.91 Å². The fourth-order valence-corrected chi connectivity index (χ4v) is 3.33. The summed E-state index contributed by atoms with van der Waals surface area (Å²) in [5, 5.41) is 5.11. The molecule has 0 unspecified atom stereocenters. The predicted molar refractivity (Wildman–Crippen MR) is 93.2 cm³/mol. The summed E-state index contributed by atoms with van der Waals surface area (Å²) in [6.45, 7) is 0.581. The molecular weight excluding hydrogens is 342 g/mol. The molecule has 7 nitrogen and oxygen atoms in total. The summed E-state index contributed by atoms with van der Waals surface area (Å²) in [6.07, 6.45) is 1.13. The predicted octanol–water partition coefficient (Wildman–Crippen LogP) is 1.41. The highest BCUT2D eigenvalue weighted by molar-refractivity contribution is 7.16. The largest absolute Gasteiger partial charge is 0.486 e. The molecule has 0 saturated heterocycles. The van der Waals surface area contributed by atoms with Gasteiger partial charge in [0.15, 0.2) is 11.5 Å². The molecule has 1 aliphatic heterocycles. The molecule has 1 aromatic carbocycles. The SMILES string of the molecule is O=C(Cn1cnc2sccc2c1=O)NC[C@@H]1COc2ccccc2O1. The summed E-state index contributed by atoms with van der Waals surface area (Å²) in [4.78, 5) is 29.3. The van der Waals surface area contributed by atoms with Crippen molar-refractivity contribution in [1.82, 2.24) is 14.9 Å². The third kappa shape index (κ3) is 3.20. The minimum absolute atomic E-state index is 0.0816. The maximum absolute atomic E-state index is 12.3. The Balaban J connectivity index is 1.36. The molecule has 25 heavy (non-hydrogen) atoms. The number of carbonyl (C=O) groups excluding carboxylic acids is 1. The number of nitrogens with one attached hydrogen (secondary N) is 1. The van der Waals surface area contributed by atoms with Crippen LogP contribution < -0.4 is 20.3 Å². The molecular formula is C17H15N3O4S. The van der Waals surface area contributed by atoms with E-state index in [0.717, 1.165) is 0 Å². The normalized spacial score (nSPS) is 15.9. The van der Waals surface area contributed by atoms with Crippen molar-refractivity contribution in [1.29, 1.82) is 0 Å². The van der Waals surface area contributed by atoms with Gasteiger partial charge < -0.3 is 14.8 Å². The number of hydrogen-bond acceptors (Lipinski definition) is 6. The molecule has 0 spiro atoms. The summed E-state index contributed by atoms with van der Waals surface area (Å²) in [7, 11) is 0. The molecule has 0 saturated carbocycles. The number of thiophene rings is 1. The lowest BCUT2D eigenvalue weighted by molar-refractivity contribution is -0.122. The maximum Gasteiger partial charge on any atom is 0.262 e. The van der Waals surface area contributed by atoms with E-state index >= 15 is 0 Å². The van der Waals surface area contributed by atoms with Gasteiger partial charge >= 0.3 is 0 Å². The van der Waals surface area contributed by atoms with Crippen molar-refractivity contribution in [3.63, 3.8) is 0 Å². The molecule has 0 bridgehead atoms. The Morgan fingerprint density at radius 2 is 2.16 bits per heavy atom. The number of carbonyl (C=O) groups is 1. The van der Waals surface area contributed by atoms with E-state index in [-0.39, 0.29) is 24.1 Å². The molecule has 1 N–H and O–H groups in total. The van der Waals surface area contributed by atoms with Crippen LogP contribution in [0, 0.1) is 0 Å². The Morgan fingerprint density at radius 1 is 1.32 bits per heavy atom. The zero-order chi connectivity index (χ0) is 17.2. The average molecular weight is 357 g/mol. The minimum Gasteiger partial charge on any atom is -0.486 e. The summed E-state index contributed by atoms with van der Waals surface area (Å²) in [6, 6.07) is 9.12. The van der Waals surface area contributed by atoms with Gasteiger partial charge in [-0.15, -0.1) is 11.3 Å². The van der Waals surface area contributed by atoms with Crippen molar-refractivity contribution in [2.45, 2.75) is 12.6 Å². The monoisotopic (exact) mass is 357 g/mol. The van der Waals surface area contributed by atoms with Crippen LogP contribution in [0.25, 0.3) is 10.2 Å². The Labute approximate surface area is 146 Å². The third-order valence-corrected chi connectivity index (χ3v) is 4.68. The molecule has 2 aromatic heterocycles. The summed E-state index contributed by atoms with van der Waals surface area (Å²) in [5.74, 6) is 1.09. The van der Waals surface area contributed by atoms with Crippen molar-refractivity contribution in [2.75, 3.05) is 13.2 Å². The number of para-hydroxylation sites is 2. The Morgan fingerprint density at radius 3 is 3.04 bits per heavy atom. The summed E-state index contributed by atoms with van der Waals surface area (Å²) < 4.78 is 12.7. The molecule has 3 aromatic rings. The zero-order valence-electron chi connectivity index (χ0n) is 13.2. The van der Waals surface area contributed by atoms with Gasteiger partial charge in [-0.25, -0.2) is 4.98 Å². The molecule has 1 atom stereocenters. The van der Waals surface area contributed by atoms with E-state index in [1.165, 1.54) is 22.2 Å². The van der Waals surface area contributed by atoms with Gasteiger partial charge in [-0.2, -0.15) is 0 Å². The molecule has 4 rings (SSSR count). The van der Waals surface area contributed by atoms with Gasteiger partial charge in [0.05, 0.1) is 18.3 Å². The summed E-state index contributed by atoms with van der Waals surface area (Å²) >= 11 is 1.40. The van der Waals surface area contributed by atoms with Crippen LogP contribution >= 0.6 is 11.3 Å². The number of hydrogen-bond donors (Lipinski definition) is 1. The lowest BCUT2D eigenvalue weighted by Crippen LogP contribution is -2.42. The van der Waals surface area contributed by atoms with Crippen LogP contribution in [0.15, 0.2) is 46.8 Å². The first-order chi connectivity index (χ1) is 12.2.